The van der Waals surface area contributed by atoms with E-state index in [2.05, 4.69) is 10.3 Å². The number of anilines is 1. The second-order valence-electron chi connectivity index (χ2n) is 6.42. The Morgan fingerprint density at radius 2 is 2.23 bits per heavy atom. The number of nitrogens with one attached hydrogen (secondary N) is 1. The minimum absolute atomic E-state index is 0.0659. The van der Waals surface area contributed by atoms with Gasteiger partial charge in [0.1, 0.15) is 0 Å². The van der Waals surface area contributed by atoms with Crippen molar-refractivity contribution >= 4 is 33.0 Å². The van der Waals surface area contributed by atoms with Gasteiger partial charge in [-0.3, -0.25) is 4.79 Å². The topological polar surface area (TPSA) is 79.4 Å². The van der Waals surface area contributed by atoms with E-state index in [0.29, 0.717) is 25.1 Å². The maximum Gasteiger partial charge on any atom is 0.228 e. The highest BCUT2D eigenvalue weighted by molar-refractivity contribution is 7.89. The molecule has 1 aliphatic rings. The fourth-order valence-electron chi connectivity index (χ4n) is 3.09. The largest absolute Gasteiger partial charge is 0.326 e. The molecule has 2 aromatic rings. The molecule has 3 rings (SSSR count). The van der Waals surface area contributed by atoms with Crippen LogP contribution >= 0.6 is 11.3 Å². The average Bonchev–Trinajstić information content (AvgIpc) is 3.08. The van der Waals surface area contributed by atoms with Gasteiger partial charge in [0.2, 0.25) is 15.9 Å². The Hall–Kier alpha value is -1.77. The lowest BCUT2D eigenvalue weighted by Crippen LogP contribution is -2.44. The van der Waals surface area contributed by atoms with E-state index in [1.165, 1.54) is 4.31 Å². The quantitative estimate of drug-likeness (QED) is 0.846. The third-order valence-corrected chi connectivity index (χ3v) is 7.18. The van der Waals surface area contributed by atoms with Crippen molar-refractivity contribution in [3.8, 4) is 11.3 Å². The van der Waals surface area contributed by atoms with E-state index in [1.54, 1.807) is 18.3 Å². The standard InChI is InChI=1S/C18H23N3O3S2/c1-3-26(23,24)21-9-5-7-15(11-21)18(22)20-16-8-4-6-14(10-16)17-12-25-13(2)19-17/h4,6,8,10,12,15H,3,5,7,9,11H2,1-2H3,(H,20,22)/t15-/m0/s1. The van der Waals surface area contributed by atoms with E-state index in [-0.39, 0.29) is 24.1 Å². The van der Waals surface area contributed by atoms with Crippen LogP contribution < -0.4 is 5.32 Å². The summed E-state index contributed by atoms with van der Waals surface area (Å²) in [6, 6.07) is 7.58. The smallest absolute Gasteiger partial charge is 0.228 e. The lowest BCUT2D eigenvalue weighted by molar-refractivity contribution is -0.120. The minimum atomic E-state index is -3.25. The molecule has 6 nitrogen and oxygen atoms in total. The molecule has 1 amide bonds. The van der Waals surface area contributed by atoms with Crippen molar-refractivity contribution in [2.75, 3.05) is 24.2 Å². The van der Waals surface area contributed by atoms with Crippen molar-refractivity contribution in [2.24, 2.45) is 5.92 Å². The maximum absolute atomic E-state index is 12.6. The van der Waals surface area contributed by atoms with E-state index in [9.17, 15) is 13.2 Å². The number of benzene rings is 1. The number of carbonyl (C=O) groups excluding carboxylic acids is 1. The van der Waals surface area contributed by atoms with Crippen molar-refractivity contribution in [2.45, 2.75) is 26.7 Å². The van der Waals surface area contributed by atoms with E-state index in [4.69, 9.17) is 0 Å². The number of nitrogens with zero attached hydrogens (tertiary/aromatic N) is 2. The molecule has 26 heavy (non-hydrogen) atoms. The number of aryl methyl sites for hydroxylation is 1. The predicted octanol–water partition coefficient (Wildman–Crippen LogP) is 3.12. The molecule has 8 heteroatoms. The average molecular weight is 394 g/mol. The molecule has 1 N–H and O–H groups in total. The number of sulfonamides is 1. The number of thiazole rings is 1. The van der Waals surface area contributed by atoms with Gasteiger partial charge in [-0.2, -0.15) is 0 Å². The number of piperidine rings is 1. The van der Waals surface area contributed by atoms with Crippen LogP contribution in [0.15, 0.2) is 29.6 Å². The molecule has 1 aliphatic heterocycles. The summed E-state index contributed by atoms with van der Waals surface area (Å²) in [7, 11) is -3.25. The second-order valence-corrected chi connectivity index (χ2v) is 9.74. The van der Waals surface area contributed by atoms with Gasteiger partial charge in [0, 0.05) is 29.7 Å². The SMILES string of the molecule is CCS(=O)(=O)N1CCC[C@H](C(=O)Nc2cccc(-c3csc(C)n3)c2)C1. The van der Waals surface area contributed by atoms with Gasteiger partial charge in [-0.05, 0) is 38.8 Å². The van der Waals surface area contributed by atoms with Gasteiger partial charge in [0.05, 0.1) is 22.4 Å². The highest BCUT2D eigenvalue weighted by Gasteiger charge is 2.31. The van der Waals surface area contributed by atoms with Gasteiger partial charge in [-0.25, -0.2) is 17.7 Å². The van der Waals surface area contributed by atoms with Crippen molar-refractivity contribution in [1.82, 2.24) is 9.29 Å². The lowest BCUT2D eigenvalue weighted by atomic mass is 9.98. The molecule has 0 radical (unpaired) electrons. The van der Waals surface area contributed by atoms with Gasteiger partial charge >= 0.3 is 0 Å². The summed E-state index contributed by atoms with van der Waals surface area (Å²) in [6.07, 6.45) is 1.40. The summed E-state index contributed by atoms with van der Waals surface area (Å²) in [6.45, 7) is 4.34. The van der Waals surface area contributed by atoms with Crippen molar-refractivity contribution in [3.63, 3.8) is 0 Å². The molecule has 0 bridgehead atoms. The number of carbonyl (C=O) groups is 1. The Kier molecular flexibility index (Phi) is 5.74. The van der Waals surface area contributed by atoms with Gasteiger partial charge < -0.3 is 5.32 Å². The van der Waals surface area contributed by atoms with E-state index < -0.39 is 10.0 Å². The fraction of sp³-hybridized carbons (Fsp3) is 0.444. The van der Waals surface area contributed by atoms with Crippen LogP contribution in [0.1, 0.15) is 24.8 Å². The van der Waals surface area contributed by atoms with Crippen LogP contribution in [0.3, 0.4) is 0 Å². The molecular weight excluding hydrogens is 370 g/mol. The minimum Gasteiger partial charge on any atom is -0.326 e. The Morgan fingerprint density at radius 1 is 1.42 bits per heavy atom. The molecule has 0 saturated carbocycles. The summed E-state index contributed by atoms with van der Waals surface area (Å²) in [5.74, 6) is -0.390. The second kappa shape index (κ2) is 7.85. The van der Waals surface area contributed by atoms with Gasteiger partial charge in [0.25, 0.3) is 0 Å². The van der Waals surface area contributed by atoms with Crippen LogP contribution in [0.25, 0.3) is 11.3 Å². The van der Waals surface area contributed by atoms with Crippen molar-refractivity contribution < 1.29 is 13.2 Å². The van der Waals surface area contributed by atoms with Crippen molar-refractivity contribution in [3.05, 3.63) is 34.7 Å². The lowest BCUT2D eigenvalue weighted by Gasteiger charge is -2.30. The molecule has 1 aromatic heterocycles. The summed E-state index contributed by atoms with van der Waals surface area (Å²) < 4.78 is 25.6. The van der Waals surface area contributed by atoms with Gasteiger partial charge in [0.15, 0.2) is 0 Å². The zero-order valence-electron chi connectivity index (χ0n) is 14.9. The number of amides is 1. The number of rotatable bonds is 5. The molecule has 0 spiro atoms. The van der Waals surface area contributed by atoms with Gasteiger partial charge in [-0.1, -0.05) is 12.1 Å². The number of hydrogen-bond acceptors (Lipinski definition) is 5. The summed E-state index contributed by atoms with van der Waals surface area (Å²) in [5.41, 5.74) is 2.54. The molecule has 1 atom stereocenters. The molecule has 1 saturated heterocycles. The van der Waals surface area contributed by atoms with E-state index in [0.717, 1.165) is 16.3 Å². The van der Waals surface area contributed by atoms with Crippen LogP contribution in [0.5, 0.6) is 0 Å². The first-order valence-corrected chi connectivity index (χ1v) is 11.2. The Balaban J connectivity index is 1.70. The Bertz CT molecular complexity index is 893. The predicted molar refractivity (Wildman–Crippen MR) is 105 cm³/mol. The molecule has 1 fully saturated rings. The fourth-order valence-corrected chi connectivity index (χ4v) is 4.89. The summed E-state index contributed by atoms with van der Waals surface area (Å²) >= 11 is 1.59. The Labute approximate surface area is 158 Å². The summed E-state index contributed by atoms with van der Waals surface area (Å²) in [5, 5.41) is 5.92. The van der Waals surface area contributed by atoms with Crippen LogP contribution in [-0.4, -0.2) is 42.5 Å². The van der Waals surface area contributed by atoms with Gasteiger partial charge in [-0.15, -0.1) is 11.3 Å². The molecule has 0 unspecified atom stereocenters. The summed E-state index contributed by atoms with van der Waals surface area (Å²) in [4.78, 5) is 17.1. The van der Waals surface area contributed by atoms with Crippen LogP contribution in [0, 0.1) is 12.8 Å². The van der Waals surface area contributed by atoms with E-state index >= 15 is 0 Å². The van der Waals surface area contributed by atoms with Crippen molar-refractivity contribution in [1.29, 1.82) is 0 Å². The third-order valence-electron chi connectivity index (χ3n) is 4.56. The number of aromatic nitrogens is 1. The molecule has 1 aromatic carbocycles. The highest BCUT2D eigenvalue weighted by Crippen LogP contribution is 2.25. The first kappa shape index (κ1) is 19.0. The molecule has 0 aliphatic carbocycles. The molecule has 140 valence electrons. The van der Waals surface area contributed by atoms with E-state index in [1.807, 2.05) is 36.6 Å². The first-order valence-electron chi connectivity index (χ1n) is 8.70. The Morgan fingerprint density at radius 3 is 2.92 bits per heavy atom. The monoisotopic (exact) mass is 393 g/mol. The first-order chi connectivity index (χ1) is 12.4. The normalized spacial score (nSPS) is 18.6. The van der Waals surface area contributed by atoms with Crippen LogP contribution in [0.2, 0.25) is 0 Å². The molecule has 2 heterocycles. The van der Waals surface area contributed by atoms with Crippen LogP contribution in [0.4, 0.5) is 5.69 Å². The molecular formula is C18H23N3O3S2. The van der Waals surface area contributed by atoms with Crippen LogP contribution in [-0.2, 0) is 14.8 Å². The zero-order valence-corrected chi connectivity index (χ0v) is 16.6. The highest BCUT2D eigenvalue weighted by atomic mass is 32.2. The number of hydrogen-bond donors (Lipinski definition) is 1. The zero-order chi connectivity index (χ0) is 18.7. The maximum atomic E-state index is 12.6. The third kappa shape index (κ3) is 4.31.